The third-order valence-corrected chi connectivity index (χ3v) is 4.34. The average molecular weight is 438 g/mol. The van der Waals surface area contributed by atoms with Crippen molar-refractivity contribution in [2.75, 3.05) is 18.4 Å². The van der Waals surface area contributed by atoms with Crippen LogP contribution in [0.5, 0.6) is 0 Å². The van der Waals surface area contributed by atoms with E-state index < -0.39 is 29.5 Å². The molecule has 0 aliphatic heterocycles. The van der Waals surface area contributed by atoms with Crippen LogP contribution >= 0.6 is 0 Å². The number of hydrogen-bond acceptors (Lipinski definition) is 7. The molecule has 1 amide bonds. The summed E-state index contributed by atoms with van der Waals surface area (Å²) in [6, 6.07) is 0.612. The highest BCUT2D eigenvalue weighted by Gasteiger charge is 2.31. The molecule has 3 heterocycles. The van der Waals surface area contributed by atoms with E-state index in [-0.39, 0.29) is 30.4 Å². The van der Waals surface area contributed by atoms with E-state index in [1.807, 2.05) is 0 Å². The van der Waals surface area contributed by atoms with Gasteiger partial charge in [0.2, 0.25) is 5.95 Å². The molecule has 0 aromatic carbocycles. The molecule has 0 aliphatic rings. The number of likely N-dealkylation sites (N-methyl/N-ethyl adjacent to an activating group) is 1. The number of carbonyl (C=O) groups is 1. The summed E-state index contributed by atoms with van der Waals surface area (Å²) in [5, 5.41) is 10.7. The van der Waals surface area contributed by atoms with Crippen LogP contribution < -0.4 is 5.32 Å². The molecule has 9 nitrogen and oxygen atoms in total. The molecule has 0 spiro atoms. The van der Waals surface area contributed by atoms with Crippen LogP contribution in [-0.4, -0.2) is 59.9 Å². The molecule has 3 rings (SSSR count). The van der Waals surface area contributed by atoms with Crippen LogP contribution in [0.25, 0.3) is 5.82 Å². The van der Waals surface area contributed by atoms with Crippen LogP contribution in [-0.2, 0) is 6.18 Å². The van der Waals surface area contributed by atoms with E-state index in [1.54, 1.807) is 13.8 Å². The summed E-state index contributed by atoms with van der Waals surface area (Å²) >= 11 is 0. The van der Waals surface area contributed by atoms with E-state index in [0.717, 1.165) is 17.1 Å². The van der Waals surface area contributed by atoms with E-state index in [2.05, 4.69) is 30.5 Å². The van der Waals surface area contributed by atoms with Gasteiger partial charge < -0.3 is 10.2 Å². The van der Waals surface area contributed by atoms with Crippen molar-refractivity contribution in [3.05, 3.63) is 54.0 Å². The quantitative estimate of drug-likeness (QED) is 0.566. The number of pyridine rings is 1. The van der Waals surface area contributed by atoms with Crippen LogP contribution in [0.4, 0.5) is 23.5 Å². The number of rotatable bonds is 7. The van der Waals surface area contributed by atoms with Gasteiger partial charge in [0.1, 0.15) is 5.82 Å². The van der Waals surface area contributed by atoms with Crippen molar-refractivity contribution in [3.63, 3.8) is 0 Å². The molecule has 3 aromatic rings. The number of anilines is 1. The van der Waals surface area contributed by atoms with Gasteiger partial charge in [-0.15, -0.1) is 4.80 Å². The van der Waals surface area contributed by atoms with E-state index in [1.165, 1.54) is 17.3 Å². The van der Waals surface area contributed by atoms with Crippen LogP contribution in [0, 0.1) is 5.82 Å². The molecule has 0 radical (unpaired) electrons. The number of carbonyl (C=O) groups excluding carboxylic acids is 1. The second-order valence-corrected chi connectivity index (χ2v) is 6.46. The predicted octanol–water partition coefficient (Wildman–Crippen LogP) is 2.57. The van der Waals surface area contributed by atoms with Gasteiger partial charge in [-0.3, -0.25) is 4.79 Å². The Hall–Kier alpha value is -3.64. The third-order valence-electron chi connectivity index (χ3n) is 4.34. The third kappa shape index (κ3) is 5.10. The molecule has 0 saturated carbocycles. The Labute approximate surface area is 174 Å². The average Bonchev–Trinajstić information content (AvgIpc) is 3.27. The van der Waals surface area contributed by atoms with Crippen molar-refractivity contribution >= 4 is 11.9 Å². The van der Waals surface area contributed by atoms with Gasteiger partial charge >= 0.3 is 6.18 Å². The molecule has 1 atom stereocenters. The molecule has 1 N–H and O–H groups in total. The highest BCUT2D eigenvalue weighted by atomic mass is 19.4. The maximum absolute atomic E-state index is 13.8. The zero-order chi connectivity index (χ0) is 22.6. The molecule has 0 saturated heterocycles. The van der Waals surface area contributed by atoms with E-state index >= 15 is 0 Å². The largest absolute Gasteiger partial charge is 0.419 e. The minimum Gasteiger partial charge on any atom is -0.352 e. The molecule has 3 aromatic heterocycles. The van der Waals surface area contributed by atoms with Crippen molar-refractivity contribution in [2.45, 2.75) is 26.1 Å². The summed E-state index contributed by atoms with van der Waals surface area (Å²) in [4.78, 5) is 26.9. The number of nitrogens with one attached hydrogen (secondary N) is 1. The van der Waals surface area contributed by atoms with Gasteiger partial charge in [-0.05, 0) is 19.9 Å². The van der Waals surface area contributed by atoms with Gasteiger partial charge in [0.05, 0.1) is 29.7 Å². The number of nitrogens with zero attached hydrogens (tertiary/aromatic N) is 7. The second-order valence-electron chi connectivity index (χ2n) is 6.46. The van der Waals surface area contributed by atoms with Crippen molar-refractivity contribution in [3.8, 4) is 5.82 Å². The number of aromatic nitrogens is 6. The monoisotopic (exact) mass is 438 g/mol. The number of halogens is 4. The molecule has 0 aliphatic carbocycles. The summed E-state index contributed by atoms with van der Waals surface area (Å²) in [5.41, 5.74) is -0.995. The van der Waals surface area contributed by atoms with Gasteiger partial charge in [0, 0.05) is 31.5 Å². The normalized spacial score (nSPS) is 12.5. The first kappa shape index (κ1) is 22.1. The molecule has 164 valence electrons. The first-order valence-corrected chi connectivity index (χ1v) is 9.17. The summed E-state index contributed by atoms with van der Waals surface area (Å²) in [7, 11) is 0. The maximum Gasteiger partial charge on any atom is 0.419 e. The number of amides is 1. The molecule has 0 unspecified atom stereocenters. The minimum absolute atomic E-state index is 0.0165. The van der Waals surface area contributed by atoms with Crippen molar-refractivity contribution in [2.24, 2.45) is 0 Å². The van der Waals surface area contributed by atoms with Gasteiger partial charge in [0.15, 0.2) is 5.82 Å². The van der Waals surface area contributed by atoms with E-state index in [0.29, 0.717) is 12.4 Å². The van der Waals surface area contributed by atoms with Gasteiger partial charge in [-0.2, -0.15) is 23.4 Å². The van der Waals surface area contributed by atoms with Crippen molar-refractivity contribution in [1.29, 1.82) is 0 Å². The lowest BCUT2D eigenvalue weighted by atomic mass is 10.1. The van der Waals surface area contributed by atoms with Gasteiger partial charge in [-0.1, -0.05) is 0 Å². The second kappa shape index (κ2) is 9.02. The summed E-state index contributed by atoms with van der Waals surface area (Å²) < 4.78 is 51.6. The molecular weight excluding hydrogens is 420 g/mol. The zero-order valence-corrected chi connectivity index (χ0v) is 16.5. The Morgan fingerprint density at radius 2 is 1.81 bits per heavy atom. The standard InChI is InChI=1S/C18H18F4N8O/c1-3-29(11(2)7-24-17-25-8-12(9-26-17)18(20,21)22)16(31)14-6-13(19)10-23-15(14)30-27-4-5-28-30/h4-6,8-11H,3,7H2,1-2H3,(H,24,25,26)/t11-/m0/s1. The van der Waals surface area contributed by atoms with Gasteiger partial charge in [0.25, 0.3) is 5.91 Å². The van der Waals surface area contributed by atoms with Crippen molar-refractivity contribution in [1.82, 2.24) is 34.8 Å². The Morgan fingerprint density at radius 1 is 1.16 bits per heavy atom. The number of hydrogen-bond donors (Lipinski definition) is 1. The fraction of sp³-hybridized carbons (Fsp3) is 0.333. The summed E-state index contributed by atoms with van der Waals surface area (Å²) in [5.74, 6) is -1.15. The minimum atomic E-state index is -4.53. The lowest BCUT2D eigenvalue weighted by Crippen LogP contribution is -2.42. The predicted molar refractivity (Wildman–Crippen MR) is 101 cm³/mol. The van der Waals surface area contributed by atoms with Crippen LogP contribution in [0.2, 0.25) is 0 Å². The molecular formula is C18H18F4N8O. The van der Waals surface area contributed by atoms with Crippen molar-refractivity contribution < 1.29 is 22.4 Å². The Bertz CT molecular complexity index is 1020. The maximum atomic E-state index is 13.8. The van der Waals surface area contributed by atoms with E-state index in [4.69, 9.17) is 0 Å². The highest BCUT2D eigenvalue weighted by molar-refractivity contribution is 5.97. The Morgan fingerprint density at radius 3 is 2.39 bits per heavy atom. The first-order valence-electron chi connectivity index (χ1n) is 9.17. The van der Waals surface area contributed by atoms with Crippen LogP contribution in [0.3, 0.4) is 0 Å². The summed E-state index contributed by atoms with van der Waals surface area (Å²) in [6.07, 6.45) is 0.562. The zero-order valence-electron chi connectivity index (χ0n) is 16.5. The lowest BCUT2D eigenvalue weighted by molar-refractivity contribution is -0.138. The highest BCUT2D eigenvalue weighted by Crippen LogP contribution is 2.28. The molecule has 13 heteroatoms. The molecule has 31 heavy (non-hydrogen) atoms. The SMILES string of the molecule is CCN(C(=O)c1cc(F)cnc1-n1nccn1)[C@@H](C)CNc1ncc(C(F)(F)F)cn1. The Balaban J connectivity index is 1.74. The molecule has 0 fully saturated rings. The number of alkyl halides is 3. The van der Waals surface area contributed by atoms with Gasteiger partial charge in [-0.25, -0.2) is 19.3 Å². The summed E-state index contributed by atoms with van der Waals surface area (Å²) in [6.45, 7) is 3.87. The van der Waals surface area contributed by atoms with Crippen LogP contribution in [0.15, 0.2) is 37.1 Å². The fourth-order valence-corrected chi connectivity index (χ4v) is 2.80. The smallest absolute Gasteiger partial charge is 0.352 e. The lowest BCUT2D eigenvalue weighted by Gasteiger charge is -2.28. The molecule has 0 bridgehead atoms. The van der Waals surface area contributed by atoms with Crippen LogP contribution in [0.1, 0.15) is 29.8 Å². The Kier molecular flexibility index (Phi) is 6.42. The van der Waals surface area contributed by atoms with E-state index in [9.17, 15) is 22.4 Å². The topological polar surface area (TPSA) is 102 Å². The fourth-order valence-electron chi connectivity index (χ4n) is 2.80. The first-order chi connectivity index (χ1) is 14.7.